The third kappa shape index (κ3) is 8.39. The Morgan fingerprint density at radius 2 is 1.69 bits per heavy atom. The average Bonchev–Trinajstić information content (AvgIpc) is 4.00. The van der Waals surface area contributed by atoms with Gasteiger partial charge in [0.15, 0.2) is 0 Å². The molecule has 2 saturated heterocycles. The van der Waals surface area contributed by atoms with E-state index in [1.807, 2.05) is 18.2 Å². The molecule has 1 atom stereocenters. The van der Waals surface area contributed by atoms with Crippen LogP contribution in [0.15, 0.2) is 48.8 Å². The number of fused-ring (bicyclic) bond motifs is 2. The Bertz CT molecular complexity index is 2220. The summed E-state index contributed by atoms with van der Waals surface area (Å²) in [5, 5.41) is 15.0. The summed E-state index contributed by atoms with van der Waals surface area (Å²) in [5.74, 6) is 1.77. The smallest absolute Gasteiger partial charge is 0.271 e. The highest BCUT2D eigenvalue weighted by molar-refractivity contribution is 6.31. The van der Waals surface area contributed by atoms with Crippen molar-refractivity contribution in [2.75, 3.05) is 24.5 Å². The molecule has 9 rings (SSSR count). The number of hydrogen-bond acceptors (Lipinski definition) is 11. The third-order valence-electron chi connectivity index (χ3n) is 13.8. The SMILES string of the molecule is CC(C)N(CC1CCN(c2cnc(C(=O)NC3CCC(Oc4ccc(C#N)c(Cl)c4)CC3)cn2)CC1)C1CC(Oc2ccc3c(c2)C2(CC2)N(C2CCC(=O)NC2=O)C3=O)C1. The standard InChI is InChI=1S/C46H53ClN8O6/c1-27(2)54(31-19-35(20-31)61-33-9-10-36-37(21-33)46(15-16-46)55(45(36)59)40-11-12-42(56)52-44(40)58)26-28-13-17-53(18-14-28)41-25-49-39(24-50-41)43(57)51-30-4-7-32(8-5-30)60-34-6-3-29(23-48)38(47)22-34/h3,6,9-10,21-22,24-25,27-28,30-32,35,40H,4-5,7-8,11-20,26H2,1-2H3,(H,51,57)(H,52,56,58). The van der Waals surface area contributed by atoms with E-state index in [2.05, 4.69) is 50.3 Å². The average molecular weight is 849 g/mol. The van der Waals surface area contributed by atoms with Gasteiger partial charge in [0, 0.05) is 68.7 Å². The van der Waals surface area contributed by atoms with Crippen molar-refractivity contribution in [2.45, 2.75) is 133 Å². The molecule has 3 saturated carbocycles. The van der Waals surface area contributed by atoms with E-state index < -0.39 is 11.6 Å². The van der Waals surface area contributed by atoms with Crippen molar-refractivity contribution in [3.63, 3.8) is 0 Å². The number of imide groups is 1. The maximum atomic E-state index is 13.5. The summed E-state index contributed by atoms with van der Waals surface area (Å²) in [7, 11) is 0. The van der Waals surface area contributed by atoms with Crippen LogP contribution in [-0.4, -0.2) is 99.4 Å². The molecule has 3 aromatic rings. The van der Waals surface area contributed by atoms with Crippen LogP contribution in [0.25, 0.3) is 0 Å². The summed E-state index contributed by atoms with van der Waals surface area (Å²) in [6, 6.07) is 13.2. The molecule has 4 heterocycles. The molecule has 0 bridgehead atoms. The van der Waals surface area contributed by atoms with E-state index in [0.29, 0.717) is 52.0 Å². The molecule has 2 N–H and O–H groups in total. The van der Waals surface area contributed by atoms with Gasteiger partial charge in [-0.25, -0.2) is 9.97 Å². The number of ether oxygens (including phenoxy) is 2. The van der Waals surface area contributed by atoms with Crippen LogP contribution in [-0.2, 0) is 15.1 Å². The van der Waals surface area contributed by atoms with Gasteiger partial charge >= 0.3 is 0 Å². The van der Waals surface area contributed by atoms with Gasteiger partial charge in [-0.2, -0.15) is 5.26 Å². The van der Waals surface area contributed by atoms with Gasteiger partial charge in [0.2, 0.25) is 11.8 Å². The Labute approximate surface area is 361 Å². The second-order valence-corrected chi connectivity index (χ2v) is 18.5. The number of halogens is 1. The van der Waals surface area contributed by atoms with Crippen molar-refractivity contribution in [1.82, 2.24) is 30.4 Å². The number of anilines is 1. The van der Waals surface area contributed by atoms with E-state index in [1.54, 1.807) is 35.5 Å². The summed E-state index contributed by atoms with van der Waals surface area (Å²) >= 11 is 6.16. The maximum absolute atomic E-state index is 13.5. The zero-order chi connectivity index (χ0) is 42.4. The van der Waals surface area contributed by atoms with Gasteiger partial charge in [-0.05, 0) is 113 Å². The lowest BCUT2D eigenvalue weighted by molar-refractivity contribution is -0.137. The number of carbonyl (C=O) groups is 4. The number of aromatic nitrogens is 2. The van der Waals surface area contributed by atoms with Crippen LogP contribution in [0.2, 0.25) is 5.02 Å². The first-order chi connectivity index (χ1) is 29.5. The normalized spacial score (nSPS) is 25.8. The first kappa shape index (κ1) is 41.1. The number of benzene rings is 2. The zero-order valence-corrected chi connectivity index (χ0v) is 35.5. The molecule has 320 valence electrons. The number of rotatable bonds is 12. The highest BCUT2D eigenvalue weighted by Gasteiger charge is 2.61. The van der Waals surface area contributed by atoms with Gasteiger partial charge in [0.05, 0.1) is 34.6 Å². The lowest BCUT2D eigenvalue weighted by Gasteiger charge is -2.46. The fraction of sp³-hybridized carbons (Fsp3) is 0.543. The molecule has 1 aromatic heterocycles. The molecule has 15 heteroatoms. The van der Waals surface area contributed by atoms with Crippen molar-refractivity contribution in [3.05, 3.63) is 76.2 Å². The maximum Gasteiger partial charge on any atom is 0.271 e. The lowest BCUT2D eigenvalue weighted by atomic mass is 9.85. The first-order valence-corrected chi connectivity index (χ1v) is 22.3. The van der Waals surface area contributed by atoms with Crippen LogP contribution < -0.4 is 25.0 Å². The van der Waals surface area contributed by atoms with E-state index in [4.69, 9.17) is 26.3 Å². The number of amides is 4. The van der Waals surface area contributed by atoms with Gasteiger partial charge in [0.25, 0.3) is 11.8 Å². The summed E-state index contributed by atoms with van der Waals surface area (Å²) in [5.41, 5.74) is 1.84. The quantitative estimate of drug-likeness (QED) is 0.208. The Hall–Kier alpha value is -5.26. The second kappa shape index (κ2) is 16.9. The number of nitriles is 1. The predicted molar refractivity (Wildman–Crippen MR) is 226 cm³/mol. The van der Waals surface area contributed by atoms with Crippen LogP contribution in [0.5, 0.6) is 11.5 Å². The fourth-order valence-electron chi connectivity index (χ4n) is 10.2. The van der Waals surface area contributed by atoms with Gasteiger partial charge in [0.1, 0.15) is 41.2 Å². The Morgan fingerprint density at radius 3 is 2.34 bits per heavy atom. The van der Waals surface area contributed by atoms with Crippen molar-refractivity contribution in [1.29, 1.82) is 5.26 Å². The number of nitrogens with zero attached hydrogens (tertiary/aromatic N) is 6. The molecule has 61 heavy (non-hydrogen) atoms. The highest BCUT2D eigenvalue weighted by atomic mass is 35.5. The van der Waals surface area contributed by atoms with E-state index in [1.165, 1.54) is 0 Å². The molecule has 14 nitrogen and oxygen atoms in total. The van der Waals surface area contributed by atoms with Gasteiger partial charge in [-0.15, -0.1) is 0 Å². The van der Waals surface area contributed by atoms with Crippen molar-refractivity contribution < 1.29 is 28.7 Å². The molecule has 0 radical (unpaired) electrons. The molecule has 1 spiro atoms. The van der Waals surface area contributed by atoms with Crippen LogP contribution in [0, 0.1) is 17.2 Å². The summed E-state index contributed by atoms with van der Waals surface area (Å²) < 4.78 is 12.6. The Kier molecular flexibility index (Phi) is 11.4. The molecule has 3 aliphatic heterocycles. The van der Waals surface area contributed by atoms with Crippen LogP contribution in [0.4, 0.5) is 5.82 Å². The zero-order valence-electron chi connectivity index (χ0n) is 34.8. The monoisotopic (exact) mass is 848 g/mol. The Morgan fingerprint density at radius 1 is 0.967 bits per heavy atom. The summed E-state index contributed by atoms with van der Waals surface area (Å²) in [4.78, 5) is 66.9. The molecule has 6 aliphatic rings. The van der Waals surface area contributed by atoms with Crippen LogP contribution in [0.3, 0.4) is 0 Å². The number of hydrogen-bond donors (Lipinski definition) is 2. The molecule has 3 aliphatic carbocycles. The van der Waals surface area contributed by atoms with E-state index in [9.17, 15) is 19.2 Å². The largest absolute Gasteiger partial charge is 0.490 e. The number of nitrogens with one attached hydrogen (secondary N) is 2. The topological polar surface area (TPSA) is 170 Å². The van der Waals surface area contributed by atoms with Gasteiger partial charge < -0.3 is 24.6 Å². The molecular formula is C46H53ClN8O6. The minimum atomic E-state index is -0.624. The van der Waals surface area contributed by atoms with Gasteiger partial charge in [-0.1, -0.05) is 11.6 Å². The minimum absolute atomic E-state index is 0.0244. The lowest BCUT2D eigenvalue weighted by Crippen LogP contribution is -2.55. The van der Waals surface area contributed by atoms with Crippen molar-refractivity contribution >= 4 is 41.0 Å². The summed E-state index contributed by atoms with van der Waals surface area (Å²) in [6.07, 6.45) is 12.8. The first-order valence-electron chi connectivity index (χ1n) is 22.0. The van der Waals surface area contributed by atoms with E-state index >= 15 is 0 Å². The molecule has 5 fully saturated rings. The van der Waals surface area contributed by atoms with Crippen molar-refractivity contribution in [3.8, 4) is 17.6 Å². The van der Waals surface area contributed by atoms with Crippen LogP contribution >= 0.6 is 11.6 Å². The third-order valence-corrected chi connectivity index (χ3v) is 14.1. The predicted octanol–water partition coefficient (Wildman–Crippen LogP) is 5.91. The van der Waals surface area contributed by atoms with E-state index in [0.717, 1.165) is 101 Å². The molecule has 4 amide bonds. The molecule has 2 aromatic carbocycles. The summed E-state index contributed by atoms with van der Waals surface area (Å²) in [6.45, 7) is 7.35. The number of carbonyl (C=O) groups excluding carboxylic acids is 4. The fourth-order valence-corrected chi connectivity index (χ4v) is 10.4. The van der Waals surface area contributed by atoms with Crippen molar-refractivity contribution in [2.24, 2.45) is 5.92 Å². The van der Waals surface area contributed by atoms with Crippen LogP contribution in [0.1, 0.15) is 123 Å². The van der Waals surface area contributed by atoms with E-state index in [-0.39, 0.29) is 48.3 Å². The molecule has 1 unspecified atom stereocenters. The highest BCUT2D eigenvalue weighted by Crippen LogP contribution is 2.58. The number of piperidine rings is 2. The van der Waals surface area contributed by atoms with Gasteiger partial charge in [-0.3, -0.25) is 29.4 Å². The molecular weight excluding hydrogens is 796 g/mol. The minimum Gasteiger partial charge on any atom is -0.490 e. The Balaban J connectivity index is 0.711. The second-order valence-electron chi connectivity index (χ2n) is 18.0.